The number of hydrogen-bond donors (Lipinski definition) is 0. The Balaban J connectivity index is 1.14. The summed E-state index contributed by atoms with van der Waals surface area (Å²) in [6.07, 6.45) is 0. The SMILES string of the molecule is [2H]c1c([2H])c([2H])c(-c2nc(-c3c([2H])c([2H])c([2H])c([2H])c3[2H])nc(-c3cccc4c3sc3cccc(-c5cc(-c6c([2H])c([2H])c7oc8c([2H])c([2H])c([2H])c([2H])c8c7c6[2H])cc6oc7ccccc7c56)c34)n2)c([2H])c1[2H]. The number of hydrogen-bond acceptors (Lipinski definition) is 6. The first-order chi connectivity index (χ1) is 35.3. The van der Waals surface area contributed by atoms with Gasteiger partial charge in [-0.15, -0.1) is 11.3 Å². The molecule has 8 aromatic carbocycles. The van der Waals surface area contributed by atoms with Gasteiger partial charge in [0.1, 0.15) is 22.3 Å². The van der Waals surface area contributed by atoms with Crippen LogP contribution >= 0.6 is 11.3 Å². The number of para-hydroxylation sites is 2. The molecule has 0 aliphatic rings. The van der Waals surface area contributed by atoms with Gasteiger partial charge in [-0.2, -0.15) is 0 Å². The van der Waals surface area contributed by atoms with E-state index in [-0.39, 0.29) is 45.4 Å². The van der Waals surface area contributed by atoms with E-state index in [0.29, 0.717) is 48.9 Å². The number of furan rings is 2. The van der Waals surface area contributed by atoms with E-state index in [4.69, 9.17) is 39.4 Å². The number of aromatic nitrogens is 3. The van der Waals surface area contributed by atoms with Crippen molar-refractivity contribution in [2.45, 2.75) is 0 Å². The van der Waals surface area contributed by atoms with Gasteiger partial charge in [0.15, 0.2) is 17.5 Å². The van der Waals surface area contributed by atoms with Gasteiger partial charge < -0.3 is 8.83 Å². The molecule has 12 aromatic rings. The zero-order chi connectivity index (χ0) is 52.2. The number of benzene rings is 8. The average Bonchev–Trinajstić information content (AvgIpc) is 4.13. The van der Waals surface area contributed by atoms with Crippen molar-refractivity contribution in [3.63, 3.8) is 0 Å². The average molecular weight is 765 g/mol. The summed E-state index contributed by atoms with van der Waals surface area (Å²) < 4.78 is 161. The van der Waals surface area contributed by atoms with E-state index >= 15 is 0 Å². The van der Waals surface area contributed by atoms with E-state index in [1.807, 2.05) is 48.5 Å². The molecule has 6 heteroatoms. The second-order valence-corrected chi connectivity index (χ2v) is 14.1. The van der Waals surface area contributed by atoms with Gasteiger partial charge in [-0.1, -0.05) is 127 Å². The lowest BCUT2D eigenvalue weighted by molar-refractivity contribution is 0.669. The quantitative estimate of drug-likeness (QED) is 0.175. The molecular formula is C51H29N3O2S. The standard InChI is InChI=1S/C51H29N3O2S/c1-3-13-30(14-4-1)49-52-50(31-15-5-2-6-16-31)54-51(53-49)38-21-11-20-37-47-35(19-12-24-45(47)57-48(37)38)40-28-33(29-44-46(40)36-18-8-10-23-42(36)56-44)32-25-26-43-39(27-32)34-17-7-9-22-41(34)55-43/h1-29H/i1D,2D,3D,4D,5D,6D,7D,9D,13D,14D,15D,16D,17D,22D,25D,26D,27D. The molecule has 0 fully saturated rings. The molecule has 0 aliphatic heterocycles. The minimum atomic E-state index is -0.667. The van der Waals surface area contributed by atoms with Crippen molar-refractivity contribution < 1.29 is 32.1 Å². The lowest BCUT2D eigenvalue weighted by atomic mass is 9.91. The Hall–Kier alpha value is -7.41. The van der Waals surface area contributed by atoms with Gasteiger partial charge in [-0.25, -0.2) is 15.0 Å². The molecule has 0 radical (unpaired) electrons. The van der Waals surface area contributed by atoms with Crippen molar-refractivity contribution in [1.82, 2.24) is 15.0 Å². The molecule has 0 saturated heterocycles. The highest BCUT2D eigenvalue weighted by Gasteiger charge is 2.22. The highest BCUT2D eigenvalue weighted by atomic mass is 32.1. The van der Waals surface area contributed by atoms with Crippen LogP contribution in [0.5, 0.6) is 0 Å². The molecule has 0 saturated carbocycles. The van der Waals surface area contributed by atoms with E-state index < -0.39 is 113 Å². The smallest absolute Gasteiger partial charge is 0.165 e. The Morgan fingerprint density at radius 1 is 0.421 bits per heavy atom. The van der Waals surface area contributed by atoms with Crippen LogP contribution in [0.1, 0.15) is 23.3 Å². The van der Waals surface area contributed by atoms with Gasteiger partial charge in [-0.3, -0.25) is 0 Å². The van der Waals surface area contributed by atoms with Crippen molar-refractivity contribution in [2.24, 2.45) is 0 Å². The molecule has 4 aromatic heterocycles. The van der Waals surface area contributed by atoms with Crippen LogP contribution in [0.25, 0.3) is 120 Å². The molecule has 57 heavy (non-hydrogen) atoms. The fourth-order valence-electron chi connectivity index (χ4n) is 7.35. The van der Waals surface area contributed by atoms with Crippen molar-refractivity contribution in [1.29, 1.82) is 0 Å². The molecule has 0 spiro atoms. The third kappa shape index (κ3) is 5.12. The third-order valence-electron chi connectivity index (χ3n) is 9.79. The molecule has 5 nitrogen and oxygen atoms in total. The monoisotopic (exact) mass is 764 g/mol. The molecule has 0 amide bonds. The van der Waals surface area contributed by atoms with Crippen LogP contribution in [-0.2, 0) is 0 Å². The number of fused-ring (bicyclic) bond motifs is 9. The minimum absolute atomic E-state index is 0.00877. The maximum atomic E-state index is 9.61. The Kier molecular flexibility index (Phi) is 4.29. The lowest BCUT2D eigenvalue weighted by Gasteiger charge is -2.11. The molecule has 0 N–H and O–H groups in total. The fraction of sp³-hybridized carbons (Fsp3) is 0. The topological polar surface area (TPSA) is 65.0 Å². The molecule has 0 aliphatic carbocycles. The van der Waals surface area contributed by atoms with Gasteiger partial charge in [0.25, 0.3) is 0 Å². The first-order valence-corrected chi connectivity index (χ1v) is 18.4. The van der Waals surface area contributed by atoms with Crippen molar-refractivity contribution in [2.75, 3.05) is 0 Å². The first kappa shape index (κ1) is 19.4. The van der Waals surface area contributed by atoms with Gasteiger partial charge in [-0.05, 0) is 70.7 Å². The van der Waals surface area contributed by atoms with Gasteiger partial charge in [0.05, 0.1) is 23.3 Å². The highest BCUT2D eigenvalue weighted by Crippen LogP contribution is 2.47. The molecule has 0 unspecified atom stereocenters. The maximum Gasteiger partial charge on any atom is 0.165 e. The fourth-order valence-corrected chi connectivity index (χ4v) is 8.59. The second-order valence-electron chi connectivity index (χ2n) is 13.0. The maximum absolute atomic E-state index is 9.61. The Morgan fingerprint density at radius 3 is 1.91 bits per heavy atom. The second kappa shape index (κ2) is 12.6. The summed E-state index contributed by atoms with van der Waals surface area (Å²) >= 11 is 1.35. The third-order valence-corrected chi connectivity index (χ3v) is 11.0. The number of thiophene rings is 1. The number of nitrogens with zero attached hydrogens (tertiary/aromatic N) is 3. The summed E-state index contributed by atoms with van der Waals surface area (Å²) in [6, 6.07) is 12.2. The number of rotatable bonds is 5. The van der Waals surface area contributed by atoms with Gasteiger partial charge in [0, 0.05) is 58.4 Å². The van der Waals surface area contributed by atoms with Gasteiger partial charge in [0.2, 0.25) is 0 Å². The first-order valence-electron chi connectivity index (χ1n) is 26.0. The van der Waals surface area contributed by atoms with Crippen molar-refractivity contribution >= 4 is 75.4 Å². The van der Waals surface area contributed by atoms with Crippen LogP contribution in [0, 0.1) is 0 Å². The van der Waals surface area contributed by atoms with Crippen LogP contribution in [0.3, 0.4) is 0 Å². The summed E-state index contributed by atoms with van der Waals surface area (Å²) in [6.45, 7) is 0. The molecular weight excluding hydrogens is 719 g/mol. The van der Waals surface area contributed by atoms with Crippen LogP contribution in [-0.4, -0.2) is 15.0 Å². The van der Waals surface area contributed by atoms with E-state index in [1.165, 1.54) is 11.3 Å². The predicted octanol–water partition coefficient (Wildman–Crippen LogP) is 14.4. The summed E-state index contributed by atoms with van der Waals surface area (Å²) in [5.41, 5.74) is 1.60. The van der Waals surface area contributed by atoms with Crippen LogP contribution in [0.15, 0.2) is 184 Å². The van der Waals surface area contributed by atoms with Gasteiger partial charge >= 0.3 is 0 Å². The van der Waals surface area contributed by atoms with E-state index in [1.54, 1.807) is 24.3 Å². The summed E-state index contributed by atoms with van der Waals surface area (Å²) in [5, 5.41) is 2.71. The Bertz CT molecular complexity index is 4400. The summed E-state index contributed by atoms with van der Waals surface area (Å²) in [4.78, 5) is 13.8. The van der Waals surface area contributed by atoms with E-state index in [9.17, 15) is 2.74 Å². The molecule has 266 valence electrons. The molecule has 12 rings (SSSR count). The van der Waals surface area contributed by atoms with Crippen LogP contribution in [0.2, 0.25) is 0 Å². The van der Waals surface area contributed by atoms with Crippen molar-refractivity contribution in [3.8, 4) is 56.4 Å². The predicted molar refractivity (Wildman–Crippen MR) is 234 cm³/mol. The zero-order valence-electron chi connectivity index (χ0n) is 46.0. The zero-order valence-corrected chi connectivity index (χ0v) is 29.8. The molecule has 0 bridgehead atoms. The van der Waals surface area contributed by atoms with Crippen LogP contribution in [0.4, 0.5) is 0 Å². The summed E-state index contributed by atoms with van der Waals surface area (Å²) in [5.74, 6) is -0.908. The minimum Gasteiger partial charge on any atom is -0.456 e. The Labute approximate surface area is 354 Å². The van der Waals surface area contributed by atoms with E-state index in [2.05, 4.69) is 4.98 Å². The van der Waals surface area contributed by atoms with Crippen molar-refractivity contribution in [3.05, 3.63) is 176 Å². The Morgan fingerprint density at radius 2 is 1.09 bits per heavy atom. The largest absolute Gasteiger partial charge is 0.456 e. The lowest BCUT2D eigenvalue weighted by Crippen LogP contribution is -2.00. The highest BCUT2D eigenvalue weighted by molar-refractivity contribution is 7.26. The summed E-state index contributed by atoms with van der Waals surface area (Å²) in [7, 11) is 0. The van der Waals surface area contributed by atoms with E-state index in [0.717, 1.165) is 15.5 Å². The normalized spacial score (nSPS) is 16.0. The molecule has 4 heterocycles. The molecule has 0 atom stereocenters. The van der Waals surface area contributed by atoms with Crippen LogP contribution < -0.4 is 0 Å².